The first-order chi connectivity index (χ1) is 13.6. The van der Waals surface area contributed by atoms with Gasteiger partial charge in [0.25, 0.3) is 0 Å². The fourth-order valence-electron chi connectivity index (χ4n) is 2.66. The number of ether oxygens (including phenoxy) is 3. The van der Waals surface area contributed by atoms with E-state index in [-0.39, 0.29) is 5.78 Å². The van der Waals surface area contributed by atoms with Crippen LogP contribution in [-0.4, -0.2) is 25.6 Å². The van der Waals surface area contributed by atoms with Gasteiger partial charge in [0.1, 0.15) is 17.2 Å². The average Bonchev–Trinajstić information content (AvgIpc) is 2.71. The third kappa shape index (κ3) is 6.15. The number of carbonyl (C=O) groups excluding carboxylic acids is 1. The van der Waals surface area contributed by atoms with Crippen molar-refractivity contribution in [2.75, 3.05) is 19.8 Å². The number of hydrogen-bond acceptors (Lipinski definition) is 4. The third-order valence-electron chi connectivity index (χ3n) is 4.17. The molecule has 28 heavy (non-hydrogen) atoms. The highest BCUT2D eigenvalue weighted by atomic mass is 16.5. The molecule has 2 rings (SSSR count). The lowest BCUT2D eigenvalue weighted by Crippen LogP contribution is -2.01. The Morgan fingerprint density at radius 3 is 2.21 bits per heavy atom. The Balaban J connectivity index is 2.22. The number of rotatable bonds is 11. The Morgan fingerprint density at radius 1 is 0.893 bits per heavy atom. The summed E-state index contributed by atoms with van der Waals surface area (Å²) >= 11 is 0. The van der Waals surface area contributed by atoms with Crippen LogP contribution in [0.2, 0.25) is 0 Å². The highest BCUT2D eigenvalue weighted by Gasteiger charge is 2.09. The summed E-state index contributed by atoms with van der Waals surface area (Å²) in [5.41, 5.74) is 2.53. The van der Waals surface area contributed by atoms with Gasteiger partial charge < -0.3 is 14.2 Å². The lowest BCUT2D eigenvalue weighted by molar-refractivity contribution is 0.104. The van der Waals surface area contributed by atoms with Crippen molar-refractivity contribution in [2.24, 2.45) is 0 Å². The standard InChI is InChI=1S/C24H30O4/c1-5-14-27-22-16-20(18(4)24(17-22)28-15-6-2)10-13-23(25)19-8-11-21(12-9-19)26-7-3/h8-13,16-17H,5-7,14-15H2,1-4H3/b13-10+. The molecule has 0 atom stereocenters. The molecule has 0 radical (unpaired) electrons. The van der Waals surface area contributed by atoms with E-state index >= 15 is 0 Å². The molecule has 0 aliphatic carbocycles. The Kier molecular flexibility index (Phi) is 8.60. The van der Waals surface area contributed by atoms with Crippen molar-refractivity contribution in [3.8, 4) is 17.2 Å². The molecule has 0 saturated heterocycles. The maximum atomic E-state index is 12.5. The predicted molar refractivity (Wildman–Crippen MR) is 114 cm³/mol. The fraction of sp³-hybridized carbons (Fsp3) is 0.375. The minimum absolute atomic E-state index is 0.0571. The van der Waals surface area contributed by atoms with Gasteiger partial charge in [-0.05, 0) is 74.2 Å². The van der Waals surface area contributed by atoms with Crippen molar-refractivity contribution in [1.82, 2.24) is 0 Å². The molecule has 0 fully saturated rings. The Hall–Kier alpha value is -2.75. The normalized spacial score (nSPS) is 10.9. The van der Waals surface area contributed by atoms with Crippen molar-refractivity contribution >= 4 is 11.9 Å². The number of benzene rings is 2. The Labute approximate surface area is 168 Å². The third-order valence-corrected chi connectivity index (χ3v) is 4.17. The first kappa shape index (κ1) is 21.5. The summed E-state index contributed by atoms with van der Waals surface area (Å²) in [4.78, 5) is 12.5. The summed E-state index contributed by atoms with van der Waals surface area (Å²) in [7, 11) is 0. The topological polar surface area (TPSA) is 44.8 Å². The summed E-state index contributed by atoms with van der Waals surface area (Å²) in [6, 6.07) is 11.1. The first-order valence-corrected chi connectivity index (χ1v) is 9.94. The van der Waals surface area contributed by atoms with Crippen LogP contribution in [0.25, 0.3) is 6.08 Å². The van der Waals surface area contributed by atoms with Crippen molar-refractivity contribution in [3.05, 3.63) is 59.2 Å². The van der Waals surface area contributed by atoms with Crippen LogP contribution < -0.4 is 14.2 Å². The lowest BCUT2D eigenvalue weighted by atomic mass is 10.0. The van der Waals surface area contributed by atoms with E-state index in [4.69, 9.17) is 14.2 Å². The van der Waals surface area contributed by atoms with Crippen LogP contribution in [-0.2, 0) is 0 Å². The second-order valence-electron chi connectivity index (χ2n) is 6.49. The van der Waals surface area contributed by atoms with Crippen LogP contribution in [0.1, 0.15) is 55.1 Å². The van der Waals surface area contributed by atoms with Gasteiger partial charge in [0.05, 0.1) is 19.8 Å². The highest BCUT2D eigenvalue weighted by molar-refractivity contribution is 6.07. The molecular weight excluding hydrogens is 352 g/mol. The van der Waals surface area contributed by atoms with E-state index in [0.29, 0.717) is 25.4 Å². The smallest absolute Gasteiger partial charge is 0.185 e. The van der Waals surface area contributed by atoms with E-state index < -0.39 is 0 Å². The molecule has 4 nitrogen and oxygen atoms in total. The van der Waals surface area contributed by atoms with Gasteiger partial charge in [-0.3, -0.25) is 4.79 Å². The van der Waals surface area contributed by atoms with Crippen LogP contribution in [0.4, 0.5) is 0 Å². The molecule has 0 amide bonds. The quantitative estimate of drug-likeness (QED) is 0.360. The van der Waals surface area contributed by atoms with Gasteiger partial charge in [-0.25, -0.2) is 0 Å². The molecule has 2 aromatic rings. The van der Waals surface area contributed by atoms with E-state index in [2.05, 4.69) is 13.8 Å². The molecule has 0 aromatic heterocycles. The zero-order chi connectivity index (χ0) is 20.4. The molecule has 0 aliphatic heterocycles. The molecule has 0 spiro atoms. The van der Waals surface area contributed by atoms with Gasteiger partial charge in [-0.2, -0.15) is 0 Å². The highest BCUT2D eigenvalue weighted by Crippen LogP contribution is 2.30. The number of hydrogen-bond donors (Lipinski definition) is 0. The van der Waals surface area contributed by atoms with Crippen LogP contribution >= 0.6 is 0 Å². The summed E-state index contributed by atoms with van der Waals surface area (Å²) in [5, 5.41) is 0. The molecule has 150 valence electrons. The maximum Gasteiger partial charge on any atom is 0.185 e. The minimum atomic E-state index is -0.0571. The second kappa shape index (κ2) is 11.2. The van der Waals surface area contributed by atoms with Crippen molar-refractivity contribution in [1.29, 1.82) is 0 Å². The van der Waals surface area contributed by atoms with Crippen LogP contribution in [0.5, 0.6) is 17.2 Å². The van der Waals surface area contributed by atoms with Gasteiger partial charge in [0.15, 0.2) is 5.78 Å². The monoisotopic (exact) mass is 382 g/mol. The van der Waals surface area contributed by atoms with Crippen molar-refractivity contribution in [3.63, 3.8) is 0 Å². The zero-order valence-corrected chi connectivity index (χ0v) is 17.3. The van der Waals surface area contributed by atoms with E-state index in [9.17, 15) is 4.79 Å². The molecule has 0 aliphatic rings. The summed E-state index contributed by atoms with van der Waals surface area (Å²) in [6.45, 7) is 9.96. The zero-order valence-electron chi connectivity index (χ0n) is 17.3. The van der Waals surface area contributed by atoms with Gasteiger partial charge in [-0.1, -0.05) is 19.9 Å². The lowest BCUT2D eigenvalue weighted by Gasteiger charge is -2.14. The van der Waals surface area contributed by atoms with E-state index in [0.717, 1.165) is 41.2 Å². The van der Waals surface area contributed by atoms with Gasteiger partial charge >= 0.3 is 0 Å². The van der Waals surface area contributed by atoms with Gasteiger partial charge in [0.2, 0.25) is 0 Å². The molecule has 4 heteroatoms. The molecule has 0 N–H and O–H groups in total. The summed E-state index contributed by atoms with van der Waals surface area (Å²) in [5.74, 6) is 2.26. The number of ketones is 1. The predicted octanol–water partition coefficient (Wildman–Crippen LogP) is 5.87. The molecule has 0 saturated carbocycles. The molecule has 0 unspecified atom stereocenters. The number of allylic oxidation sites excluding steroid dienone is 1. The first-order valence-electron chi connectivity index (χ1n) is 9.94. The van der Waals surface area contributed by atoms with E-state index in [1.165, 1.54) is 0 Å². The largest absolute Gasteiger partial charge is 0.494 e. The average molecular weight is 383 g/mol. The van der Waals surface area contributed by atoms with Gasteiger partial charge in [0, 0.05) is 11.6 Å². The van der Waals surface area contributed by atoms with E-state index in [1.807, 2.05) is 44.2 Å². The Morgan fingerprint density at radius 2 is 1.57 bits per heavy atom. The summed E-state index contributed by atoms with van der Waals surface area (Å²) in [6.07, 6.45) is 5.28. The fourth-order valence-corrected chi connectivity index (χ4v) is 2.66. The molecule has 2 aromatic carbocycles. The van der Waals surface area contributed by atoms with Gasteiger partial charge in [-0.15, -0.1) is 0 Å². The second-order valence-corrected chi connectivity index (χ2v) is 6.49. The maximum absolute atomic E-state index is 12.5. The molecular formula is C24H30O4. The van der Waals surface area contributed by atoms with Crippen molar-refractivity contribution < 1.29 is 19.0 Å². The number of carbonyl (C=O) groups is 1. The summed E-state index contributed by atoms with van der Waals surface area (Å²) < 4.78 is 17.1. The SMILES string of the molecule is CCCOc1cc(/C=C/C(=O)c2ccc(OCC)cc2)c(C)c(OCCC)c1. The van der Waals surface area contributed by atoms with Crippen LogP contribution in [0.15, 0.2) is 42.5 Å². The minimum Gasteiger partial charge on any atom is -0.494 e. The Bertz CT molecular complexity index is 791. The van der Waals surface area contributed by atoms with Crippen LogP contribution in [0.3, 0.4) is 0 Å². The molecule has 0 bridgehead atoms. The van der Waals surface area contributed by atoms with Crippen molar-refractivity contribution in [2.45, 2.75) is 40.5 Å². The van der Waals surface area contributed by atoms with E-state index in [1.54, 1.807) is 18.2 Å². The molecule has 0 heterocycles. The van der Waals surface area contributed by atoms with Crippen LogP contribution in [0, 0.1) is 6.92 Å².